The van der Waals surface area contributed by atoms with Crippen molar-refractivity contribution in [3.63, 3.8) is 0 Å². The van der Waals surface area contributed by atoms with Crippen LogP contribution in [-0.4, -0.2) is 13.5 Å². The van der Waals surface area contributed by atoms with E-state index < -0.39 is 10.0 Å². The first-order valence-electron chi connectivity index (χ1n) is 6.23. The SMILES string of the molecule is Cc1ccccc1NS(=O)(=O)c1cc(CO)ccc1C. The lowest BCUT2D eigenvalue weighted by atomic mass is 10.2. The average Bonchev–Trinajstić information content (AvgIpc) is 2.41. The van der Waals surface area contributed by atoms with Gasteiger partial charge < -0.3 is 5.11 Å². The molecule has 4 nitrogen and oxygen atoms in total. The highest BCUT2D eigenvalue weighted by Crippen LogP contribution is 2.22. The van der Waals surface area contributed by atoms with Crippen LogP contribution in [0, 0.1) is 13.8 Å². The maximum Gasteiger partial charge on any atom is 0.262 e. The summed E-state index contributed by atoms with van der Waals surface area (Å²) in [4.78, 5) is 0.187. The molecule has 0 spiro atoms. The molecule has 0 saturated carbocycles. The lowest BCUT2D eigenvalue weighted by Crippen LogP contribution is -2.15. The van der Waals surface area contributed by atoms with Crippen molar-refractivity contribution < 1.29 is 13.5 Å². The summed E-state index contributed by atoms with van der Waals surface area (Å²) in [6.07, 6.45) is 0. The highest BCUT2D eigenvalue weighted by atomic mass is 32.2. The number of aliphatic hydroxyl groups excluding tert-OH is 1. The number of anilines is 1. The predicted molar refractivity (Wildman–Crippen MR) is 79.1 cm³/mol. The number of nitrogens with one attached hydrogen (secondary N) is 1. The van der Waals surface area contributed by atoms with E-state index in [1.54, 1.807) is 31.2 Å². The smallest absolute Gasteiger partial charge is 0.262 e. The average molecular weight is 291 g/mol. The van der Waals surface area contributed by atoms with E-state index in [0.29, 0.717) is 16.8 Å². The number of aryl methyl sites for hydroxylation is 2. The monoisotopic (exact) mass is 291 g/mol. The first-order valence-corrected chi connectivity index (χ1v) is 7.71. The Labute approximate surface area is 119 Å². The van der Waals surface area contributed by atoms with E-state index in [1.807, 2.05) is 19.1 Å². The van der Waals surface area contributed by atoms with Gasteiger partial charge in [0.1, 0.15) is 0 Å². The molecule has 0 saturated heterocycles. The molecule has 2 aromatic carbocycles. The van der Waals surface area contributed by atoms with Gasteiger partial charge in [-0.25, -0.2) is 8.42 Å². The van der Waals surface area contributed by atoms with Gasteiger partial charge in [-0.15, -0.1) is 0 Å². The molecule has 0 aliphatic rings. The molecule has 0 aliphatic carbocycles. The topological polar surface area (TPSA) is 66.4 Å². The van der Waals surface area contributed by atoms with Crippen LogP contribution in [-0.2, 0) is 16.6 Å². The van der Waals surface area contributed by atoms with Crippen molar-refractivity contribution >= 4 is 15.7 Å². The van der Waals surface area contributed by atoms with Crippen LogP contribution in [0.2, 0.25) is 0 Å². The summed E-state index contributed by atoms with van der Waals surface area (Å²) in [5.41, 5.74) is 2.62. The van der Waals surface area contributed by atoms with E-state index in [9.17, 15) is 8.42 Å². The van der Waals surface area contributed by atoms with Gasteiger partial charge in [0, 0.05) is 0 Å². The van der Waals surface area contributed by atoms with Crippen molar-refractivity contribution in [2.75, 3.05) is 4.72 Å². The molecule has 0 amide bonds. The molecule has 5 heteroatoms. The molecule has 0 bridgehead atoms. The van der Waals surface area contributed by atoms with Gasteiger partial charge >= 0.3 is 0 Å². The minimum atomic E-state index is -3.66. The summed E-state index contributed by atoms with van der Waals surface area (Å²) < 4.78 is 27.5. The lowest BCUT2D eigenvalue weighted by molar-refractivity contribution is 0.281. The van der Waals surface area contributed by atoms with E-state index in [2.05, 4.69) is 4.72 Å². The number of hydrogen-bond donors (Lipinski definition) is 2. The number of para-hydroxylation sites is 1. The van der Waals surface area contributed by atoms with Gasteiger partial charge in [0.2, 0.25) is 0 Å². The van der Waals surface area contributed by atoms with Crippen LogP contribution in [0.5, 0.6) is 0 Å². The summed E-state index contributed by atoms with van der Waals surface area (Å²) in [6, 6.07) is 12.1. The van der Waals surface area contributed by atoms with Gasteiger partial charge in [-0.05, 0) is 42.7 Å². The Balaban J connectivity index is 2.43. The van der Waals surface area contributed by atoms with Crippen LogP contribution in [0.1, 0.15) is 16.7 Å². The molecule has 20 heavy (non-hydrogen) atoms. The minimum Gasteiger partial charge on any atom is -0.392 e. The van der Waals surface area contributed by atoms with Crippen LogP contribution < -0.4 is 4.72 Å². The first-order chi connectivity index (χ1) is 9.44. The number of aliphatic hydroxyl groups is 1. The van der Waals surface area contributed by atoms with Gasteiger partial charge in [-0.1, -0.05) is 30.3 Å². The highest BCUT2D eigenvalue weighted by Gasteiger charge is 2.18. The van der Waals surface area contributed by atoms with Crippen molar-refractivity contribution in [3.05, 3.63) is 59.2 Å². The number of benzene rings is 2. The van der Waals surface area contributed by atoms with Gasteiger partial charge in [0.15, 0.2) is 0 Å². The van der Waals surface area contributed by atoms with Gasteiger partial charge in [0.05, 0.1) is 17.2 Å². The van der Waals surface area contributed by atoms with Crippen LogP contribution in [0.15, 0.2) is 47.4 Å². The summed E-state index contributed by atoms with van der Waals surface area (Å²) >= 11 is 0. The second kappa shape index (κ2) is 5.64. The predicted octanol–water partition coefficient (Wildman–Crippen LogP) is 2.60. The van der Waals surface area contributed by atoms with Crippen molar-refractivity contribution in [1.82, 2.24) is 0 Å². The molecule has 0 aliphatic heterocycles. The van der Waals surface area contributed by atoms with Gasteiger partial charge in [-0.3, -0.25) is 4.72 Å². The Kier molecular flexibility index (Phi) is 4.11. The van der Waals surface area contributed by atoms with Crippen LogP contribution in [0.25, 0.3) is 0 Å². The molecular weight excluding hydrogens is 274 g/mol. The van der Waals surface area contributed by atoms with Gasteiger partial charge in [-0.2, -0.15) is 0 Å². The number of rotatable bonds is 4. The zero-order valence-corrected chi connectivity index (χ0v) is 12.2. The minimum absolute atomic E-state index is 0.187. The first kappa shape index (κ1) is 14.6. The second-order valence-corrected chi connectivity index (χ2v) is 6.33. The molecule has 0 atom stereocenters. The molecule has 0 heterocycles. The molecule has 2 aromatic rings. The summed E-state index contributed by atoms with van der Waals surface area (Å²) in [7, 11) is -3.66. The maximum absolute atomic E-state index is 12.5. The Morgan fingerprint density at radius 1 is 1.05 bits per heavy atom. The lowest BCUT2D eigenvalue weighted by Gasteiger charge is -2.13. The van der Waals surface area contributed by atoms with Crippen molar-refractivity contribution in [2.24, 2.45) is 0 Å². The molecular formula is C15H17NO3S. The molecule has 0 aromatic heterocycles. The Morgan fingerprint density at radius 2 is 1.75 bits per heavy atom. The summed E-state index contributed by atoms with van der Waals surface area (Å²) in [5.74, 6) is 0. The number of sulfonamides is 1. The standard InChI is InChI=1S/C15H17NO3S/c1-11-5-3-4-6-14(11)16-20(18,19)15-9-13(10-17)8-7-12(15)2/h3-9,16-17H,10H2,1-2H3. The largest absolute Gasteiger partial charge is 0.392 e. The Hall–Kier alpha value is -1.85. The fourth-order valence-corrected chi connectivity index (χ4v) is 3.35. The fraction of sp³-hybridized carbons (Fsp3) is 0.200. The summed E-state index contributed by atoms with van der Waals surface area (Å²) in [6.45, 7) is 3.38. The van der Waals surface area contributed by atoms with Crippen molar-refractivity contribution in [1.29, 1.82) is 0 Å². The van der Waals surface area contributed by atoms with E-state index in [4.69, 9.17) is 5.11 Å². The third-order valence-electron chi connectivity index (χ3n) is 3.11. The van der Waals surface area contributed by atoms with E-state index >= 15 is 0 Å². The number of hydrogen-bond acceptors (Lipinski definition) is 3. The fourth-order valence-electron chi connectivity index (χ4n) is 1.92. The third kappa shape index (κ3) is 3.00. The zero-order valence-electron chi connectivity index (χ0n) is 11.4. The molecule has 0 fully saturated rings. The normalized spacial score (nSPS) is 11.3. The molecule has 0 unspecified atom stereocenters. The zero-order chi connectivity index (χ0) is 14.8. The van der Waals surface area contributed by atoms with Crippen LogP contribution in [0.4, 0.5) is 5.69 Å². The molecule has 106 valence electrons. The van der Waals surface area contributed by atoms with Crippen molar-refractivity contribution in [2.45, 2.75) is 25.3 Å². The third-order valence-corrected chi connectivity index (χ3v) is 4.62. The van der Waals surface area contributed by atoms with E-state index in [0.717, 1.165) is 5.56 Å². The molecule has 0 radical (unpaired) electrons. The quantitative estimate of drug-likeness (QED) is 0.910. The maximum atomic E-state index is 12.5. The summed E-state index contributed by atoms with van der Waals surface area (Å²) in [5, 5.41) is 9.14. The molecule has 2 rings (SSSR count). The molecule has 2 N–H and O–H groups in total. The van der Waals surface area contributed by atoms with E-state index in [-0.39, 0.29) is 11.5 Å². The van der Waals surface area contributed by atoms with Crippen LogP contribution >= 0.6 is 0 Å². The Bertz CT molecular complexity index is 724. The van der Waals surface area contributed by atoms with Gasteiger partial charge in [0.25, 0.3) is 10.0 Å². The highest BCUT2D eigenvalue weighted by molar-refractivity contribution is 7.92. The van der Waals surface area contributed by atoms with E-state index in [1.165, 1.54) is 6.07 Å². The van der Waals surface area contributed by atoms with Crippen molar-refractivity contribution in [3.8, 4) is 0 Å². The second-order valence-electron chi connectivity index (χ2n) is 4.68. The van der Waals surface area contributed by atoms with Crippen LogP contribution in [0.3, 0.4) is 0 Å². The Morgan fingerprint density at radius 3 is 2.40 bits per heavy atom.